The van der Waals surface area contributed by atoms with Gasteiger partial charge in [0, 0.05) is 29.5 Å². The first-order valence-electron chi connectivity index (χ1n) is 13.4. The van der Waals surface area contributed by atoms with Crippen molar-refractivity contribution in [3.05, 3.63) is 121 Å². The molecule has 1 aliphatic rings. The molecule has 0 bridgehead atoms. The molecule has 0 atom stereocenters. The van der Waals surface area contributed by atoms with Gasteiger partial charge in [0.25, 0.3) is 0 Å². The van der Waals surface area contributed by atoms with Gasteiger partial charge in [-0.05, 0) is 47.2 Å². The Morgan fingerprint density at radius 2 is 1.32 bits per heavy atom. The average molecular weight is 708 g/mol. The second-order valence-electron chi connectivity index (χ2n) is 10.5. The van der Waals surface area contributed by atoms with Crippen molar-refractivity contribution in [3.63, 3.8) is 0 Å². The van der Waals surface area contributed by atoms with Crippen LogP contribution in [0, 0.1) is 12.7 Å². The van der Waals surface area contributed by atoms with Crippen LogP contribution in [0.2, 0.25) is 0 Å². The van der Waals surface area contributed by atoms with Gasteiger partial charge < -0.3 is 19.5 Å². The fourth-order valence-electron chi connectivity index (χ4n) is 5.36. The van der Waals surface area contributed by atoms with E-state index in [4.69, 9.17) is 4.98 Å². The van der Waals surface area contributed by atoms with Crippen LogP contribution < -0.4 is 9.80 Å². The van der Waals surface area contributed by atoms with Gasteiger partial charge in [-0.15, -0.1) is 36.5 Å². The van der Waals surface area contributed by atoms with E-state index >= 15 is 0 Å². The molecule has 40 heavy (non-hydrogen) atoms. The fourth-order valence-corrected chi connectivity index (χ4v) is 5.36. The molecule has 5 aromatic rings. The summed E-state index contributed by atoms with van der Waals surface area (Å²) in [4.78, 5) is 8.93. The van der Waals surface area contributed by atoms with Crippen LogP contribution in [0.5, 0.6) is 5.75 Å². The molecule has 0 radical (unpaired) electrons. The number of hydrogen-bond donors (Lipinski definition) is 1. The standard InChI is InChI=1S/C34H32N4O.Pt/c1-23(2)27-13-10-14-28(24(3)4)33(27)36-20-19-35-34(36)25-11-9-12-26(21-25)37-22-38(30-16-6-5-15-29(30)37)31-17-7-8-18-32(31)39;/h5-20,22-24,39H,1-4H3;/q-2;+2. The number of nitrogens with zero attached hydrogens (tertiary/aromatic N) is 4. The first kappa shape index (κ1) is 27.7. The number of aromatic nitrogens is 2. The van der Waals surface area contributed by atoms with Gasteiger partial charge in [0.15, 0.2) is 0 Å². The van der Waals surface area contributed by atoms with Crippen molar-refractivity contribution in [2.75, 3.05) is 9.80 Å². The molecular formula is C34H32N4OPt. The van der Waals surface area contributed by atoms with Crippen LogP contribution >= 0.6 is 0 Å². The van der Waals surface area contributed by atoms with Crippen LogP contribution in [0.1, 0.15) is 50.7 Å². The molecule has 1 N–H and O–H groups in total. The van der Waals surface area contributed by atoms with Crippen molar-refractivity contribution in [2.24, 2.45) is 0 Å². The van der Waals surface area contributed by atoms with Crippen molar-refractivity contribution in [2.45, 2.75) is 39.5 Å². The number of hydrogen-bond acceptors (Lipinski definition) is 4. The smallest absolute Gasteiger partial charge is 0.506 e. The molecule has 0 saturated heterocycles. The molecule has 0 aliphatic carbocycles. The van der Waals surface area contributed by atoms with Crippen LogP contribution in [-0.2, 0) is 21.1 Å². The number of rotatable bonds is 6. The van der Waals surface area contributed by atoms with Crippen molar-refractivity contribution in [1.82, 2.24) is 9.55 Å². The maximum atomic E-state index is 10.6. The molecule has 1 aliphatic heterocycles. The van der Waals surface area contributed by atoms with Gasteiger partial charge in [-0.3, -0.25) is 4.98 Å². The summed E-state index contributed by atoms with van der Waals surface area (Å²) in [5, 5.41) is 10.6. The summed E-state index contributed by atoms with van der Waals surface area (Å²) in [7, 11) is 0. The third-order valence-corrected chi connectivity index (χ3v) is 7.28. The van der Waals surface area contributed by atoms with E-state index < -0.39 is 0 Å². The van der Waals surface area contributed by atoms with E-state index in [1.54, 1.807) is 6.07 Å². The van der Waals surface area contributed by atoms with E-state index in [1.807, 2.05) is 48.1 Å². The molecule has 204 valence electrons. The Labute approximate surface area is 251 Å². The number of para-hydroxylation sites is 5. The predicted molar refractivity (Wildman–Crippen MR) is 159 cm³/mol. The summed E-state index contributed by atoms with van der Waals surface area (Å²) in [6.07, 6.45) is 3.92. The minimum atomic E-state index is 0. The molecule has 0 amide bonds. The predicted octanol–water partition coefficient (Wildman–Crippen LogP) is 8.70. The van der Waals surface area contributed by atoms with Crippen LogP contribution in [0.4, 0.5) is 22.7 Å². The maximum Gasteiger partial charge on any atom is 2.00 e. The van der Waals surface area contributed by atoms with E-state index in [-0.39, 0.29) is 26.8 Å². The Kier molecular flexibility index (Phi) is 7.87. The van der Waals surface area contributed by atoms with Crippen LogP contribution in [0.25, 0.3) is 17.1 Å². The van der Waals surface area contributed by atoms with E-state index in [1.165, 1.54) is 16.8 Å². The second kappa shape index (κ2) is 11.3. The number of imidazole rings is 1. The summed E-state index contributed by atoms with van der Waals surface area (Å²) < 4.78 is 2.22. The van der Waals surface area contributed by atoms with E-state index in [2.05, 4.69) is 98.0 Å². The zero-order chi connectivity index (χ0) is 27.1. The van der Waals surface area contributed by atoms with E-state index in [0.717, 1.165) is 34.1 Å². The van der Waals surface area contributed by atoms with Crippen molar-refractivity contribution in [3.8, 4) is 22.8 Å². The molecule has 0 saturated carbocycles. The number of phenolic OH excluding ortho intramolecular Hbond substituents is 1. The van der Waals surface area contributed by atoms with Gasteiger partial charge in [-0.2, -0.15) is 0 Å². The Bertz CT molecular complexity index is 1610. The third-order valence-electron chi connectivity index (χ3n) is 7.28. The molecule has 1 aromatic heterocycles. The summed E-state index contributed by atoms with van der Waals surface area (Å²) in [5.74, 6) is 1.84. The molecule has 0 unspecified atom stereocenters. The van der Waals surface area contributed by atoms with Crippen molar-refractivity contribution < 1.29 is 26.2 Å². The Hall–Kier alpha value is -3.82. The normalized spacial score (nSPS) is 12.7. The van der Waals surface area contributed by atoms with Gasteiger partial charge in [0.1, 0.15) is 5.75 Å². The number of anilines is 4. The van der Waals surface area contributed by atoms with Gasteiger partial charge in [0.2, 0.25) is 0 Å². The van der Waals surface area contributed by atoms with Crippen LogP contribution in [-0.4, -0.2) is 14.7 Å². The number of phenols is 1. The molecule has 0 fully saturated rings. The topological polar surface area (TPSA) is 44.5 Å². The van der Waals surface area contributed by atoms with Crippen molar-refractivity contribution >= 4 is 22.7 Å². The second-order valence-corrected chi connectivity index (χ2v) is 10.5. The third kappa shape index (κ3) is 4.84. The summed E-state index contributed by atoms with van der Waals surface area (Å²) in [6.45, 7) is 11.0. The van der Waals surface area contributed by atoms with Gasteiger partial charge >= 0.3 is 21.1 Å². The maximum absolute atomic E-state index is 10.6. The van der Waals surface area contributed by atoms with Crippen molar-refractivity contribution in [1.29, 1.82) is 0 Å². The fraction of sp³-hybridized carbons (Fsp3) is 0.176. The minimum Gasteiger partial charge on any atom is -0.506 e. The Balaban J connectivity index is 0.00000323. The van der Waals surface area contributed by atoms with Crippen LogP contribution in [0.15, 0.2) is 97.3 Å². The van der Waals surface area contributed by atoms with Gasteiger partial charge in [-0.25, -0.2) is 0 Å². The summed E-state index contributed by atoms with van der Waals surface area (Å²) in [6, 6.07) is 32.0. The zero-order valence-electron chi connectivity index (χ0n) is 23.0. The Morgan fingerprint density at radius 1 is 0.725 bits per heavy atom. The largest absolute Gasteiger partial charge is 2.00 e. The molecule has 0 spiro atoms. The zero-order valence-corrected chi connectivity index (χ0v) is 25.3. The molecular weight excluding hydrogens is 675 g/mol. The quantitative estimate of drug-likeness (QED) is 0.180. The number of fused-ring (bicyclic) bond motifs is 1. The molecule has 6 heteroatoms. The van der Waals surface area contributed by atoms with Crippen LogP contribution in [0.3, 0.4) is 0 Å². The monoisotopic (exact) mass is 707 g/mol. The van der Waals surface area contributed by atoms with Gasteiger partial charge in [-0.1, -0.05) is 75.8 Å². The summed E-state index contributed by atoms with van der Waals surface area (Å²) in [5.41, 5.74) is 8.36. The number of aromatic hydroxyl groups is 1. The first-order valence-corrected chi connectivity index (χ1v) is 13.4. The molecule has 6 rings (SSSR count). The molecule has 4 aromatic carbocycles. The number of benzene rings is 4. The summed E-state index contributed by atoms with van der Waals surface area (Å²) >= 11 is 0. The van der Waals surface area contributed by atoms with E-state index in [9.17, 15) is 5.11 Å². The van der Waals surface area contributed by atoms with E-state index in [0.29, 0.717) is 11.8 Å². The first-order chi connectivity index (χ1) is 18.9. The van der Waals surface area contributed by atoms with Gasteiger partial charge in [0.05, 0.1) is 11.5 Å². The minimum absolute atomic E-state index is 0. The average Bonchev–Trinajstić information content (AvgIpc) is 3.58. The molecule has 5 nitrogen and oxygen atoms in total. The molecule has 2 heterocycles. The SMILES string of the molecule is CC(C)c1cccc(C(C)C)c1-n1ccnc1-c1[c-]c(N2[CH-]N(c3ccccc3O)c3ccccc32)ccc1.[Pt+2]. The Morgan fingerprint density at radius 3 is 1.98 bits per heavy atom.